The van der Waals surface area contributed by atoms with Gasteiger partial charge in [-0.25, -0.2) is 9.18 Å². The molecule has 0 N–H and O–H groups in total. The van der Waals surface area contributed by atoms with Crippen molar-refractivity contribution in [3.63, 3.8) is 0 Å². The van der Waals surface area contributed by atoms with E-state index in [1.807, 2.05) is 0 Å². The van der Waals surface area contributed by atoms with Crippen LogP contribution in [0.25, 0.3) is 0 Å². The Bertz CT molecular complexity index is 1160. The van der Waals surface area contributed by atoms with Crippen molar-refractivity contribution in [3.8, 4) is 5.75 Å². The van der Waals surface area contributed by atoms with Crippen LogP contribution in [-0.2, 0) is 24.0 Å². The molecule has 2 bridgehead atoms. The predicted molar refractivity (Wildman–Crippen MR) is 136 cm³/mol. The van der Waals surface area contributed by atoms with E-state index in [0.717, 1.165) is 4.90 Å². The fourth-order valence-electron chi connectivity index (χ4n) is 4.49. The van der Waals surface area contributed by atoms with Crippen LogP contribution in [0.5, 0.6) is 5.75 Å². The number of urea groups is 1. The van der Waals surface area contributed by atoms with Crippen molar-refractivity contribution in [2.45, 2.75) is 65.8 Å². The highest BCUT2D eigenvalue weighted by Gasteiger charge is 2.48. The predicted octanol–water partition coefficient (Wildman–Crippen LogP) is 3.31. The van der Waals surface area contributed by atoms with Gasteiger partial charge in [0.15, 0.2) is 17.5 Å². The summed E-state index contributed by atoms with van der Waals surface area (Å²) in [5, 5.41) is 4.07. The zero-order valence-corrected chi connectivity index (χ0v) is 22.6. The van der Waals surface area contributed by atoms with E-state index in [4.69, 9.17) is 14.3 Å². The lowest BCUT2D eigenvalue weighted by atomic mass is 9.93. The lowest BCUT2D eigenvalue weighted by Crippen LogP contribution is -2.54. The van der Waals surface area contributed by atoms with Crippen LogP contribution in [0.3, 0.4) is 0 Å². The maximum absolute atomic E-state index is 14.3. The lowest BCUT2D eigenvalue weighted by Gasteiger charge is -2.27. The molecule has 38 heavy (non-hydrogen) atoms. The van der Waals surface area contributed by atoms with Gasteiger partial charge in [0.25, 0.3) is 0 Å². The summed E-state index contributed by atoms with van der Waals surface area (Å²) in [4.78, 5) is 57.1. The molecule has 2 aliphatic rings. The van der Waals surface area contributed by atoms with Crippen molar-refractivity contribution >= 4 is 35.4 Å². The normalized spacial score (nSPS) is 24.4. The number of imide groups is 1. The van der Waals surface area contributed by atoms with Gasteiger partial charge < -0.3 is 14.3 Å². The third-order valence-electron chi connectivity index (χ3n) is 6.69. The minimum Gasteiger partial charge on any atom is -0.496 e. The highest BCUT2D eigenvalue weighted by molar-refractivity contribution is 6.36. The number of hydrogen-bond acceptors (Lipinski definition) is 8. The average molecular weight is 533 g/mol. The standard InChI is InChI=1S/C27H35FN3O7/c1-15(2)38-29-16(3)22-13-30-14-25(21-11-20(28)8-10-24(21)36-6)37-18(5)19(7-9-23(33)17(4)32)12-31(26(22)34)27(30)35/h8,10-11,13,15,18-19,22,25H,7,9,12,14H2,1-6H3/q+1/b29-16+. The van der Waals surface area contributed by atoms with Gasteiger partial charge in [-0.2, -0.15) is 14.3 Å². The van der Waals surface area contributed by atoms with Crippen LogP contribution in [0, 0.1) is 17.7 Å². The van der Waals surface area contributed by atoms with Crippen molar-refractivity contribution in [2.24, 2.45) is 17.0 Å². The molecule has 0 radical (unpaired) electrons. The van der Waals surface area contributed by atoms with Gasteiger partial charge in [0, 0.05) is 24.8 Å². The number of Topliss-reactive ketones (excluding diaryl/α,β-unsaturated/α-hetero) is 2. The molecule has 3 rings (SSSR count). The highest BCUT2D eigenvalue weighted by atomic mass is 19.1. The first-order valence-electron chi connectivity index (χ1n) is 12.6. The fourth-order valence-corrected chi connectivity index (χ4v) is 4.49. The molecule has 4 unspecified atom stereocenters. The maximum atomic E-state index is 14.3. The minimum atomic E-state index is -0.880. The van der Waals surface area contributed by atoms with E-state index < -0.39 is 53.4 Å². The molecule has 1 aromatic rings. The van der Waals surface area contributed by atoms with Gasteiger partial charge in [0.2, 0.25) is 0 Å². The van der Waals surface area contributed by atoms with Crippen LogP contribution >= 0.6 is 0 Å². The number of carbonyl (C=O) groups excluding carboxylic acids is 4. The van der Waals surface area contributed by atoms with Gasteiger partial charge in [-0.15, -0.1) is 0 Å². The second-order valence-corrected chi connectivity index (χ2v) is 9.89. The summed E-state index contributed by atoms with van der Waals surface area (Å²) in [6, 6.07) is 3.47. The molecular formula is C27H35FN3O7+. The zero-order chi connectivity index (χ0) is 28.1. The average Bonchev–Trinajstić information content (AvgIpc) is 2.89. The number of amides is 3. The Kier molecular flexibility index (Phi) is 9.48. The second-order valence-electron chi connectivity index (χ2n) is 9.89. The van der Waals surface area contributed by atoms with Crippen LogP contribution in [-0.4, -0.2) is 77.3 Å². The number of carbonyl (C=O) groups is 4. The molecule has 1 aromatic carbocycles. The van der Waals surface area contributed by atoms with Crippen molar-refractivity contribution in [2.75, 3.05) is 20.2 Å². The number of nitrogens with zero attached hydrogens (tertiary/aromatic N) is 3. The molecule has 11 heteroatoms. The van der Waals surface area contributed by atoms with Gasteiger partial charge in [-0.3, -0.25) is 9.59 Å². The van der Waals surface area contributed by atoms with Crippen molar-refractivity contribution in [3.05, 3.63) is 29.6 Å². The van der Waals surface area contributed by atoms with E-state index in [9.17, 15) is 23.6 Å². The number of halogens is 1. The number of oxime groups is 1. The van der Waals surface area contributed by atoms with E-state index in [-0.39, 0.29) is 32.0 Å². The minimum absolute atomic E-state index is 0.0271. The summed E-state index contributed by atoms with van der Waals surface area (Å²) < 4.78 is 27.5. The Morgan fingerprint density at radius 1 is 1.26 bits per heavy atom. The molecule has 2 heterocycles. The third-order valence-corrected chi connectivity index (χ3v) is 6.69. The lowest BCUT2D eigenvalue weighted by molar-refractivity contribution is -0.449. The van der Waals surface area contributed by atoms with E-state index in [1.165, 1.54) is 43.0 Å². The number of rotatable bonds is 9. The number of ketones is 2. The first-order valence-corrected chi connectivity index (χ1v) is 12.6. The van der Waals surface area contributed by atoms with E-state index in [1.54, 1.807) is 27.7 Å². The Labute approximate surface area is 221 Å². The molecule has 0 aliphatic carbocycles. The van der Waals surface area contributed by atoms with Gasteiger partial charge in [0.05, 0.1) is 25.1 Å². The van der Waals surface area contributed by atoms with E-state index in [0.29, 0.717) is 17.0 Å². The van der Waals surface area contributed by atoms with Gasteiger partial charge in [0.1, 0.15) is 36.9 Å². The molecule has 1 saturated heterocycles. The van der Waals surface area contributed by atoms with E-state index in [2.05, 4.69) is 5.16 Å². The second kappa shape index (κ2) is 12.4. The molecular weight excluding hydrogens is 497 g/mol. The van der Waals surface area contributed by atoms with Crippen molar-refractivity contribution < 1.29 is 42.5 Å². The molecule has 4 atom stereocenters. The fraction of sp³-hybridized carbons (Fsp3) is 0.556. The maximum Gasteiger partial charge on any atom is 0.500 e. The number of methoxy groups -OCH3 is 1. The van der Waals surface area contributed by atoms with Crippen LogP contribution in [0.4, 0.5) is 9.18 Å². The van der Waals surface area contributed by atoms with Gasteiger partial charge in [-0.05, 0) is 52.3 Å². The summed E-state index contributed by atoms with van der Waals surface area (Å²) in [6.45, 7) is 8.16. The van der Waals surface area contributed by atoms with E-state index >= 15 is 0 Å². The van der Waals surface area contributed by atoms with Crippen molar-refractivity contribution in [1.82, 2.24) is 4.90 Å². The molecule has 206 valence electrons. The number of ether oxygens (including phenoxy) is 2. The summed E-state index contributed by atoms with van der Waals surface area (Å²) in [7, 11) is 1.45. The summed E-state index contributed by atoms with van der Waals surface area (Å²) >= 11 is 0. The molecule has 3 amide bonds. The number of benzene rings is 1. The molecule has 0 aromatic heterocycles. The topological polar surface area (TPSA) is 115 Å². The Hall–Kier alpha value is -3.47. The smallest absolute Gasteiger partial charge is 0.496 e. The van der Waals surface area contributed by atoms with Gasteiger partial charge in [-0.1, -0.05) is 5.16 Å². The van der Waals surface area contributed by atoms with Crippen LogP contribution in [0.15, 0.2) is 23.4 Å². The Morgan fingerprint density at radius 3 is 2.61 bits per heavy atom. The summed E-state index contributed by atoms with van der Waals surface area (Å²) in [5.74, 6) is -3.06. The van der Waals surface area contributed by atoms with Crippen molar-refractivity contribution in [1.29, 1.82) is 0 Å². The first kappa shape index (κ1) is 29.1. The summed E-state index contributed by atoms with van der Waals surface area (Å²) in [5.41, 5.74) is 0.761. The Balaban J connectivity index is 2.09. The molecule has 0 saturated carbocycles. The van der Waals surface area contributed by atoms with Crippen LogP contribution in [0.1, 0.15) is 59.1 Å². The summed E-state index contributed by atoms with van der Waals surface area (Å²) in [6.07, 6.45) is 0.0466. The SMILES string of the molecule is COc1ccc(F)cc1C1C[N+]2=CC(/C(C)=N/OC(C)C)C(=O)N(CC(CCC(=O)C(C)=O)C(C)O1)C2=O. The molecule has 2 aliphatic heterocycles. The quantitative estimate of drug-likeness (QED) is 0.207. The zero-order valence-electron chi connectivity index (χ0n) is 22.6. The Morgan fingerprint density at radius 2 is 1.97 bits per heavy atom. The van der Waals surface area contributed by atoms with Crippen LogP contribution < -0.4 is 4.74 Å². The van der Waals surface area contributed by atoms with Crippen LogP contribution in [0.2, 0.25) is 0 Å². The molecule has 1 fully saturated rings. The third kappa shape index (κ3) is 6.69. The molecule has 10 nitrogen and oxygen atoms in total. The monoisotopic (exact) mass is 532 g/mol. The molecule has 0 spiro atoms. The number of fused-ring (bicyclic) bond motifs is 2. The first-order chi connectivity index (χ1) is 17.9. The van der Waals surface area contributed by atoms with Gasteiger partial charge >= 0.3 is 11.9 Å². The number of hydrogen-bond donors (Lipinski definition) is 0. The largest absolute Gasteiger partial charge is 0.500 e. The highest BCUT2D eigenvalue weighted by Crippen LogP contribution is 2.34.